The molecular weight excluding hydrogens is 250 g/mol. The van der Waals surface area contributed by atoms with Gasteiger partial charge in [0, 0.05) is 11.8 Å². The highest BCUT2D eigenvalue weighted by Crippen LogP contribution is 2.23. The summed E-state index contributed by atoms with van der Waals surface area (Å²) in [7, 11) is 0. The lowest BCUT2D eigenvalue weighted by atomic mass is 10.1. The Bertz CT molecular complexity index is 608. The SMILES string of the molecule is O=C(O)c1ccccc1C=Nc1ccccc1Cl. The Morgan fingerprint density at radius 2 is 1.78 bits per heavy atom. The van der Waals surface area contributed by atoms with Gasteiger partial charge in [-0.2, -0.15) is 0 Å². The number of nitrogens with zero attached hydrogens (tertiary/aromatic N) is 1. The van der Waals surface area contributed by atoms with Crippen molar-refractivity contribution in [1.82, 2.24) is 0 Å². The van der Waals surface area contributed by atoms with Crippen molar-refractivity contribution in [3.63, 3.8) is 0 Å². The number of carbonyl (C=O) groups is 1. The number of para-hydroxylation sites is 1. The first-order valence-electron chi connectivity index (χ1n) is 5.29. The van der Waals surface area contributed by atoms with E-state index in [2.05, 4.69) is 4.99 Å². The van der Waals surface area contributed by atoms with Gasteiger partial charge in [0.05, 0.1) is 16.3 Å². The van der Waals surface area contributed by atoms with Gasteiger partial charge in [-0.15, -0.1) is 0 Å². The second kappa shape index (κ2) is 5.47. The molecule has 0 heterocycles. The zero-order valence-corrected chi connectivity index (χ0v) is 10.1. The van der Waals surface area contributed by atoms with Crippen LogP contribution in [0.2, 0.25) is 5.02 Å². The van der Waals surface area contributed by atoms with Gasteiger partial charge in [-0.05, 0) is 18.2 Å². The van der Waals surface area contributed by atoms with Crippen LogP contribution in [0.5, 0.6) is 0 Å². The normalized spacial score (nSPS) is 10.7. The van der Waals surface area contributed by atoms with E-state index in [1.165, 1.54) is 12.3 Å². The van der Waals surface area contributed by atoms with Gasteiger partial charge < -0.3 is 5.11 Å². The molecule has 0 aromatic heterocycles. The zero-order valence-electron chi connectivity index (χ0n) is 9.38. The summed E-state index contributed by atoms with van der Waals surface area (Å²) in [5.41, 5.74) is 1.37. The fourth-order valence-corrected chi connectivity index (χ4v) is 1.68. The number of carboxylic acids is 1. The monoisotopic (exact) mass is 259 g/mol. The van der Waals surface area contributed by atoms with E-state index in [1.807, 2.05) is 12.1 Å². The Morgan fingerprint density at radius 1 is 1.11 bits per heavy atom. The summed E-state index contributed by atoms with van der Waals surface area (Å²) in [4.78, 5) is 15.2. The topological polar surface area (TPSA) is 49.7 Å². The van der Waals surface area contributed by atoms with Crippen LogP contribution in [0.1, 0.15) is 15.9 Å². The summed E-state index contributed by atoms with van der Waals surface area (Å²) in [5, 5.41) is 9.56. The highest BCUT2D eigenvalue weighted by molar-refractivity contribution is 6.33. The molecule has 3 nitrogen and oxygen atoms in total. The second-order valence-corrected chi connectivity index (χ2v) is 4.01. The number of benzene rings is 2. The van der Waals surface area contributed by atoms with Crippen LogP contribution < -0.4 is 0 Å². The third-order valence-corrected chi connectivity index (χ3v) is 2.71. The van der Waals surface area contributed by atoms with Crippen LogP contribution in [0.4, 0.5) is 5.69 Å². The predicted octanol–water partition coefficient (Wildman–Crippen LogP) is 3.79. The molecule has 0 radical (unpaired) electrons. The highest BCUT2D eigenvalue weighted by Gasteiger charge is 2.06. The fourth-order valence-electron chi connectivity index (χ4n) is 1.50. The van der Waals surface area contributed by atoms with Crippen molar-refractivity contribution in [2.24, 2.45) is 4.99 Å². The molecule has 0 saturated carbocycles. The molecule has 0 bridgehead atoms. The van der Waals surface area contributed by atoms with Gasteiger partial charge in [-0.25, -0.2) is 4.79 Å². The molecule has 0 unspecified atom stereocenters. The number of aliphatic imine (C=N–C) groups is 1. The van der Waals surface area contributed by atoms with Crippen LogP contribution in [0, 0.1) is 0 Å². The Labute approximate surface area is 109 Å². The van der Waals surface area contributed by atoms with Crippen LogP contribution in [0.3, 0.4) is 0 Å². The van der Waals surface area contributed by atoms with Crippen molar-refractivity contribution in [3.8, 4) is 0 Å². The van der Waals surface area contributed by atoms with Gasteiger partial charge in [-0.3, -0.25) is 4.99 Å². The summed E-state index contributed by atoms with van der Waals surface area (Å²) >= 11 is 5.96. The number of halogens is 1. The van der Waals surface area contributed by atoms with E-state index in [-0.39, 0.29) is 5.56 Å². The maximum Gasteiger partial charge on any atom is 0.336 e. The third kappa shape index (κ3) is 2.76. The van der Waals surface area contributed by atoms with Crippen molar-refractivity contribution in [2.75, 3.05) is 0 Å². The average Bonchev–Trinajstić information content (AvgIpc) is 2.38. The summed E-state index contributed by atoms with van der Waals surface area (Å²) in [6.07, 6.45) is 1.50. The van der Waals surface area contributed by atoms with Gasteiger partial charge in [0.25, 0.3) is 0 Å². The van der Waals surface area contributed by atoms with Crippen molar-refractivity contribution < 1.29 is 9.90 Å². The molecule has 2 aromatic carbocycles. The van der Waals surface area contributed by atoms with Crippen LogP contribution in [0.15, 0.2) is 53.5 Å². The van der Waals surface area contributed by atoms with Crippen LogP contribution >= 0.6 is 11.6 Å². The van der Waals surface area contributed by atoms with E-state index >= 15 is 0 Å². The number of rotatable bonds is 3. The molecule has 0 fully saturated rings. The minimum atomic E-state index is -0.976. The molecule has 0 aliphatic rings. The maximum absolute atomic E-state index is 11.0. The van der Waals surface area contributed by atoms with Gasteiger partial charge in [0.15, 0.2) is 0 Å². The second-order valence-electron chi connectivity index (χ2n) is 3.60. The van der Waals surface area contributed by atoms with Crippen LogP contribution in [-0.4, -0.2) is 17.3 Å². The first-order valence-corrected chi connectivity index (χ1v) is 5.67. The molecule has 1 N–H and O–H groups in total. The molecule has 0 aliphatic carbocycles. The van der Waals surface area contributed by atoms with Crippen LogP contribution in [0.25, 0.3) is 0 Å². The molecule has 0 spiro atoms. The number of aromatic carboxylic acids is 1. The van der Waals surface area contributed by atoms with Crippen molar-refractivity contribution in [3.05, 3.63) is 64.7 Å². The standard InChI is InChI=1S/C14H10ClNO2/c15-12-7-3-4-8-13(12)16-9-10-5-1-2-6-11(10)14(17)18/h1-9H,(H,17,18). The smallest absolute Gasteiger partial charge is 0.336 e. The molecule has 2 rings (SSSR count). The molecule has 0 amide bonds. The van der Waals surface area contributed by atoms with E-state index in [0.717, 1.165) is 0 Å². The Hall–Kier alpha value is -2.13. The van der Waals surface area contributed by atoms with Gasteiger partial charge >= 0.3 is 5.97 Å². The van der Waals surface area contributed by atoms with Gasteiger partial charge in [0.1, 0.15) is 0 Å². The van der Waals surface area contributed by atoms with Crippen molar-refractivity contribution in [2.45, 2.75) is 0 Å². The fraction of sp³-hybridized carbons (Fsp3) is 0. The molecule has 0 aliphatic heterocycles. The molecule has 18 heavy (non-hydrogen) atoms. The van der Waals surface area contributed by atoms with E-state index in [9.17, 15) is 4.79 Å². The summed E-state index contributed by atoms with van der Waals surface area (Å²) in [5.74, 6) is -0.976. The molecule has 90 valence electrons. The van der Waals surface area contributed by atoms with E-state index in [1.54, 1.807) is 30.3 Å². The number of carboxylic acid groups (broad SMARTS) is 1. The van der Waals surface area contributed by atoms with E-state index < -0.39 is 5.97 Å². The van der Waals surface area contributed by atoms with Crippen molar-refractivity contribution >= 4 is 29.5 Å². The lowest BCUT2D eigenvalue weighted by Gasteiger charge is -2.00. The number of hydrogen-bond donors (Lipinski definition) is 1. The van der Waals surface area contributed by atoms with E-state index in [0.29, 0.717) is 16.3 Å². The summed E-state index contributed by atoms with van der Waals surface area (Å²) < 4.78 is 0. The first-order chi connectivity index (χ1) is 8.68. The minimum Gasteiger partial charge on any atom is -0.478 e. The molecule has 2 aromatic rings. The van der Waals surface area contributed by atoms with Crippen LogP contribution in [-0.2, 0) is 0 Å². The average molecular weight is 260 g/mol. The summed E-state index contributed by atoms with van der Waals surface area (Å²) in [6, 6.07) is 13.8. The van der Waals surface area contributed by atoms with Gasteiger partial charge in [-0.1, -0.05) is 41.9 Å². The maximum atomic E-state index is 11.0. The Kier molecular flexibility index (Phi) is 3.75. The largest absolute Gasteiger partial charge is 0.478 e. The Morgan fingerprint density at radius 3 is 2.50 bits per heavy atom. The zero-order chi connectivity index (χ0) is 13.0. The highest BCUT2D eigenvalue weighted by atomic mass is 35.5. The Balaban J connectivity index is 2.35. The molecule has 0 saturated heterocycles. The summed E-state index contributed by atoms with van der Waals surface area (Å²) in [6.45, 7) is 0. The first kappa shape index (κ1) is 12.3. The molecule has 0 atom stereocenters. The van der Waals surface area contributed by atoms with E-state index in [4.69, 9.17) is 16.7 Å². The lowest BCUT2D eigenvalue weighted by molar-refractivity contribution is 0.0697. The molecular formula is C14H10ClNO2. The predicted molar refractivity (Wildman–Crippen MR) is 72.1 cm³/mol. The minimum absolute atomic E-state index is 0.216. The molecule has 4 heteroatoms. The van der Waals surface area contributed by atoms with Gasteiger partial charge in [0.2, 0.25) is 0 Å². The number of hydrogen-bond acceptors (Lipinski definition) is 2. The quantitative estimate of drug-likeness (QED) is 0.853. The van der Waals surface area contributed by atoms with Crippen molar-refractivity contribution in [1.29, 1.82) is 0 Å². The third-order valence-electron chi connectivity index (χ3n) is 2.39. The lowest BCUT2D eigenvalue weighted by Crippen LogP contribution is -2.01.